The first-order valence-corrected chi connectivity index (χ1v) is 7.34. The molecule has 2 N–H and O–H groups in total. The molecule has 0 spiro atoms. The molecule has 1 aliphatic rings. The zero-order valence-electron chi connectivity index (χ0n) is 12.1. The van der Waals surface area contributed by atoms with Gasteiger partial charge in [-0.05, 0) is 48.2 Å². The van der Waals surface area contributed by atoms with Crippen LogP contribution in [0.15, 0.2) is 48.5 Å². The van der Waals surface area contributed by atoms with E-state index in [0.29, 0.717) is 19.4 Å². The minimum absolute atomic E-state index is 0.0802. The van der Waals surface area contributed by atoms with E-state index in [2.05, 4.69) is 0 Å². The van der Waals surface area contributed by atoms with Gasteiger partial charge in [0.05, 0.1) is 12.5 Å². The Kier molecular flexibility index (Phi) is 4.00. The van der Waals surface area contributed by atoms with Crippen molar-refractivity contribution in [1.29, 1.82) is 0 Å². The van der Waals surface area contributed by atoms with Crippen molar-refractivity contribution >= 4 is 5.97 Å². The zero-order chi connectivity index (χ0) is 15.5. The maximum atomic E-state index is 12.0. The Hall–Kier alpha value is -2.49. The van der Waals surface area contributed by atoms with E-state index < -0.39 is 0 Å². The summed E-state index contributed by atoms with van der Waals surface area (Å²) in [6.45, 7) is 0.401. The largest absolute Gasteiger partial charge is 0.508 e. The van der Waals surface area contributed by atoms with E-state index in [4.69, 9.17) is 4.74 Å². The van der Waals surface area contributed by atoms with Gasteiger partial charge in [-0.2, -0.15) is 0 Å². The summed E-state index contributed by atoms with van der Waals surface area (Å²) in [5, 5.41) is 19.1. The Balaban J connectivity index is 1.74. The number of cyclic esters (lactones) is 1. The highest BCUT2D eigenvalue weighted by atomic mass is 16.5. The number of esters is 1. The Morgan fingerprint density at radius 2 is 1.55 bits per heavy atom. The molecule has 0 aromatic heterocycles. The summed E-state index contributed by atoms with van der Waals surface area (Å²) < 4.78 is 5.22. The van der Waals surface area contributed by atoms with E-state index in [0.717, 1.165) is 11.1 Å². The third kappa shape index (κ3) is 3.22. The van der Waals surface area contributed by atoms with Gasteiger partial charge in [0.15, 0.2) is 0 Å². The number of hydrogen-bond donors (Lipinski definition) is 2. The number of rotatable bonds is 4. The monoisotopic (exact) mass is 298 g/mol. The lowest BCUT2D eigenvalue weighted by molar-refractivity contribution is -0.141. The number of hydrogen-bond acceptors (Lipinski definition) is 4. The highest BCUT2D eigenvalue weighted by Crippen LogP contribution is 2.30. The normalized spacial score (nSPS) is 20.8. The SMILES string of the molecule is O=C1OC[C@H](Cc2cccc(O)c2)[C@@H]1Cc1cccc(O)c1. The number of aromatic hydroxyl groups is 2. The molecule has 22 heavy (non-hydrogen) atoms. The molecule has 1 fully saturated rings. The van der Waals surface area contributed by atoms with Crippen LogP contribution in [0, 0.1) is 11.8 Å². The Morgan fingerprint density at radius 1 is 0.955 bits per heavy atom. The van der Waals surface area contributed by atoms with Crippen molar-refractivity contribution in [3.05, 3.63) is 59.7 Å². The van der Waals surface area contributed by atoms with Gasteiger partial charge in [0, 0.05) is 5.92 Å². The van der Waals surface area contributed by atoms with Crippen LogP contribution in [0.1, 0.15) is 11.1 Å². The quantitative estimate of drug-likeness (QED) is 0.852. The van der Waals surface area contributed by atoms with Crippen molar-refractivity contribution in [1.82, 2.24) is 0 Å². The van der Waals surface area contributed by atoms with Crippen LogP contribution in [0.4, 0.5) is 0 Å². The Labute approximate surface area is 129 Å². The molecule has 4 nitrogen and oxygen atoms in total. The molecule has 114 valence electrons. The molecule has 2 aromatic rings. The highest BCUT2D eigenvalue weighted by molar-refractivity contribution is 5.75. The van der Waals surface area contributed by atoms with Crippen molar-refractivity contribution in [2.75, 3.05) is 6.61 Å². The van der Waals surface area contributed by atoms with Gasteiger partial charge in [-0.15, -0.1) is 0 Å². The van der Waals surface area contributed by atoms with Crippen LogP contribution in [0.2, 0.25) is 0 Å². The van der Waals surface area contributed by atoms with Crippen LogP contribution < -0.4 is 0 Å². The summed E-state index contributed by atoms with van der Waals surface area (Å²) in [6, 6.07) is 14.0. The summed E-state index contributed by atoms with van der Waals surface area (Å²) >= 11 is 0. The molecular weight excluding hydrogens is 280 g/mol. The minimum atomic E-state index is -0.218. The lowest BCUT2D eigenvalue weighted by Gasteiger charge is -2.15. The maximum absolute atomic E-state index is 12.0. The van der Waals surface area contributed by atoms with E-state index >= 15 is 0 Å². The van der Waals surface area contributed by atoms with Gasteiger partial charge >= 0.3 is 5.97 Å². The molecule has 1 saturated heterocycles. The number of phenols is 2. The second kappa shape index (κ2) is 6.10. The average molecular weight is 298 g/mol. The second-order valence-electron chi connectivity index (χ2n) is 5.74. The smallest absolute Gasteiger partial charge is 0.309 e. The van der Waals surface area contributed by atoms with Crippen molar-refractivity contribution < 1.29 is 19.7 Å². The molecular formula is C18H18O4. The molecule has 1 aliphatic heterocycles. The summed E-state index contributed by atoms with van der Waals surface area (Å²) in [6.07, 6.45) is 1.24. The fourth-order valence-corrected chi connectivity index (χ4v) is 2.98. The lowest BCUT2D eigenvalue weighted by Crippen LogP contribution is -2.20. The number of benzene rings is 2. The number of ether oxygens (including phenoxy) is 1. The second-order valence-corrected chi connectivity index (χ2v) is 5.74. The first kappa shape index (κ1) is 14.4. The van der Waals surface area contributed by atoms with E-state index in [9.17, 15) is 15.0 Å². The highest BCUT2D eigenvalue weighted by Gasteiger charge is 2.36. The van der Waals surface area contributed by atoms with Crippen LogP contribution in [0.25, 0.3) is 0 Å². The average Bonchev–Trinajstić information content (AvgIpc) is 2.80. The fourth-order valence-electron chi connectivity index (χ4n) is 2.98. The van der Waals surface area contributed by atoms with Crippen molar-refractivity contribution in [3.8, 4) is 11.5 Å². The van der Waals surface area contributed by atoms with Gasteiger partial charge < -0.3 is 14.9 Å². The molecule has 0 unspecified atom stereocenters. The molecule has 0 radical (unpaired) electrons. The standard InChI is InChI=1S/C18H18O4/c19-15-5-1-3-12(8-15)7-14-11-22-18(21)17(14)10-13-4-2-6-16(20)9-13/h1-6,8-9,14,17,19-20H,7,10-11H2/t14-,17-/m0/s1. The van der Waals surface area contributed by atoms with Crippen LogP contribution >= 0.6 is 0 Å². The molecule has 1 heterocycles. The van der Waals surface area contributed by atoms with Gasteiger partial charge in [-0.25, -0.2) is 0 Å². The minimum Gasteiger partial charge on any atom is -0.508 e. The van der Waals surface area contributed by atoms with Crippen LogP contribution in [-0.2, 0) is 22.4 Å². The molecule has 0 aliphatic carbocycles. The molecule has 0 amide bonds. The summed E-state index contributed by atoms with van der Waals surface area (Å²) in [5.41, 5.74) is 1.91. The first-order chi connectivity index (χ1) is 10.6. The topological polar surface area (TPSA) is 66.8 Å². The van der Waals surface area contributed by atoms with E-state index in [-0.39, 0.29) is 29.3 Å². The predicted molar refractivity (Wildman–Crippen MR) is 81.6 cm³/mol. The predicted octanol–water partition coefficient (Wildman–Crippen LogP) is 2.67. The molecule has 0 saturated carbocycles. The molecule has 0 bridgehead atoms. The number of phenolic OH excluding ortho intramolecular Hbond substituents is 2. The zero-order valence-corrected chi connectivity index (χ0v) is 12.1. The summed E-state index contributed by atoms with van der Waals surface area (Å²) in [7, 11) is 0. The van der Waals surface area contributed by atoms with Gasteiger partial charge in [0.2, 0.25) is 0 Å². The van der Waals surface area contributed by atoms with E-state index in [1.54, 1.807) is 36.4 Å². The van der Waals surface area contributed by atoms with E-state index in [1.165, 1.54) is 0 Å². The van der Waals surface area contributed by atoms with Gasteiger partial charge in [-0.3, -0.25) is 4.79 Å². The van der Waals surface area contributed by atoms with Crippen LogP contribution in [0.5, 0.6) is 11.5 Å². The third-order valence-corrected chi connectivity index (χ3v) is 4.09. The lowest BCUT2D eigenvalue weighted by atomic mass is 9.85. The molecule has 3 rings (SSSR count). The van der Waals surface area contributed by atoms with Crippen LogP contribution in [0.3, 0.4) is 0 Å². The Bertz CT molecular complexity index is 680. The molecule has 2 aromatic carbocycles. The Morgan fingerprint density at radius 3 is 2.14 bits per heavy atom. The van der Waals surface area contributed by atoms with Gasteiger partial charge in [0.25, 0.3) is 0 Å². The van der Waals surface area contributed by atoms with E-state index in [1.807, 2.05) is 12.1 Å². The van der Waals surface area contributed by atoms with Gasteiger partial charge in [0.1, 0.15) is 11.5 Å². The molecule has 4 heteroatoms. The summed E-state index contributed by atoms with van der Waals surface area (Å²) in [5.74, 6) is 0.106. The first-order valence-electron chi connectivity index (χ1n) is 7.34. The van der Waals surface area contributed by atoms with Crippen molar-refractivity contribution in [3.63, 3.8) is 0 Å². The third-order valence-electron chi connectivity index (χ3n) is 4.09. The van der Waals surface area contributed by atoms with Crippen molar-refractivity contribution in [2.45, 2.75) is 12.8 Å². The summed E-state index contributed by atoms with van der Waals surface area (Å²) in [4.78, 5) is 12.0. The number of carbonyl (C=O) groups excluding carboxylic acids is 1. The fraction of sp³-hybridized carbons (Fsp3) is 0.278. The number of carbonyl (C=O) groups is 1. The van der Waals surface area contributed by atoms with Crippen LogP contribution in [-0.4, -0.2) is 22.8 Å². The molecule has 2 atom stereocenters. The van der Waals surface area contributed by atoms with Crippen molar-refractivity contribution in [2.24, 2.45) is 11.8 Å². The van der Waals surface area contributed by atoms with Gasteiger partial charge in [-0.1, -0.05) is 24.3 Å². The maximum Gasteiger partial charge on any atom is 0.309 e.